The molecule has 26 heavy (non-hydrogen) atoms. The van der Waals surface area contributed by atoms with Crippen molar-refractivity contribution in [3.63, 3.8) is 0 Å². The summed E-state index contributed by atoms with van der Waals surface area (Å²) in [5.41, 5.74) is 1.95. The summed E-state index contributed by atoms with van der Waals surface area (Å²) in [6.45, 7) is 3.85. The number of hydrogen-bond donors (Lipinski definition) is 3. The molecule has 1 aromatic carbocycles. The number of H-pyrrole nitrogens is 2. The standard InChI is InChI=1S/C17H14N4O3S2/c1-8-3-4-9(2)11(5-8)19-12(22)7-25-16-10(6-18)13-14(26-16)15(23)21-17(24)20-13/h3-5H,7H2,1-2H3,(H,19,22)(H2,20,21,23,24). The highest BCUT2D eigenvalue weighted by atomic mass is 32.2. The predicted molar refractivity (Wildman–Crippen MR) is 103 cm³/mol. The fourth-order valence-electron chi connectivity index (χ4n) is 2.39. The van der Waals surface area contributed by atoms with Crippen LogP contribution < -0.4 is 16.6 Å². The van der Waals surface area contributed by atoms with Crippen molar-refractivity contribution >= 4 is 44.9 Å². The number of nitrogens with one attached hydrogen (secondary N) is 3. The molecule has 3 N–H and O–H groups in total. The molecule has 0 bridgehead atoms. The van der Waals surface area contributed by atoms with E-state index in [0.717, 1.165) is 39.9 Å². The average molecular weight is 386 g/mol. The number of aromatic amines is 2. The Morgan fingerprint density at radius 1 is 1.31 bits per heavy atom. The van der Waals surface area contributed by atoms with E-state index in [1.165, 1.54) is 0 Å². The Hall–Kier alpha value is -2.83. The Bertz CT molecular complexity index is 1170. The van der Waals surface area contributed by atoms with Crippen LogP contribution in [0.3, 0.4) is 0 Å². The Labute approximate surface area is 156 Å². The molecular formula is C17H14N4O3S2. The molecule has 7 nitrogen and oxygen atoms in total. The lowest BCUT2D eigenvalue weighted by molar-refractivity contribution is -0.113. The number of carbonyl (C=O) groups is 1. The van der Waals surface area contributed by atoms with Gasteiger partial charge in [0.05, 0.1) is 15.5 Å². The first kappa shape index (κ1) is 18.0. The van der Waals surface area contributed by atoms with Gasteiger partial charge in [0.25, 0.3) is 5.56 Å². The minimum Gasteiger partial charge on any atom is -0.325 e. The van der Waals surface area contributed by atoms with Gasteiger partial charge < -0.3 is 10.3 Å². The summed E-state index contributed by atoms with van der Waals surface area (Å²) in [6, 6.07) is 7.79. The van der Waals surface area contributed by atoms with Crippen LogP contribution in [0.4, 0.5) is 5.69 Å². The van der Waals surface area contributed by atoms with Gasteiger partial charge in [-0.25, -0.2) is 4.79 Å². The predicted octanol–water partition coefficient (Wildman–Crippen LogP) is 2.50. The molecule has 0 saturated carbocycles. The highest BCUT2D eigenvalue weighted by Crippen LogP contribution is 2.34. The molecule has 1 amide bonds. The minimum absolute atomic E-state index is 0.0804. The minimum atomic E-state index is -0.666. The van der Waals surface area contributed by atoms with Crippen molar-refractivity contribution in [3.05, 3.63) is 55.7 Å². The number of aryl methyl sites for hydroxylation is 2. The van der Waals surface area contributed by atoms with Crippen molar-refractivity contribution < 1.29 is 4.79 Å². The number of fused-ring (bicyclic) bond motifs is 1. The number of anilines is 1. The molecule has 0 atom stereocenters. The molecule has 0 aliphatic rings. The fourth-order valence-corrected chi connectivity index (χ4v) is 4.51. The normalized spacial score (nSPS) is 10.7. The van der Waals surface area contributed by atoms with Crippen LogP contribution in [0.5, 0.6) is 0 Å². The van der Waals surface area contributed by atoms with E-state index in [1.54, 1.807) is 0 Å². The monoisotopic (exact) mass is 386 g/mol. The van der Waals surface area contributed by atoms with Gasteiger partial charge in [-0.15, -0.1) is 23.1 Å². The van der Waals surface area contributed by atoms with Gasteiger partial charge in [0.1, 0.15) is 16.3 Å². The van der Waals surface area contributed by atoms with Gasteiger partial charge in [0, 0.05) is 5.69 Å². The number of nitriles is 1. The van der Waals surface area contributed by atoms with E-state index in [-0.39, 0.29) is 27.4 Å². The molecule has 0 saturated heterocycles. The summed E-state index contributed by atoms with van der Waals surface area (Å²) >= 11 is 2.24. The molecule has 9 heteroatoms. The maximum atomic E-state index is 12.2. The van der Waals surface area contributed by atoms with Gasteiger partial charge in [-0.3, -0.25) is 14.6 Å². The SMILES string of the molecule is Cc1ccc(C)c(NC(=O)CSc2sc3c(=O)[nH]c(=O)[nH]c3c2C#N)c1. The number of nitrogens with zero attached hydrogens (tertiary/aromatic N) is 1. The molecule has 3 rings (SSSR count). The zero-order valence-electron chi connectivity index (χ0n) is 13.9. The van der Waals surface area contributed by atoms with E-state index in [2.05, 4.69) is 15.3 Å². The van der Waals surface area contributed by atoms with Gasteiger partial charge in [-0.2, -0.15) is 5.26 Å². The van der Waals surface area contributed by atoms with Gasteiger partial charge in [-0.05, 0) is 31.0 Å². The molecular weight excluding hydrogens is 372 g/mol. The zero-order chi connectivity index (χ0) is 18.8. The summed E-state index contributed by atoms with van der Waals surface area (Å²) < 4.78 is 0.782. The fraction of sp³-hybridized carbons (Fsp3) is 0.176. The van der Waals surface area contributed by atoms with E-state index in [0.29, 0.717) is 4.21 Å². The van der Waals surface area contributed by atoms with Crippen LogP contribution >= 0.6 is 23.1 Å². The van der Waals surface area contributed by atoms with Crippen molar-refractivity contribution in [2.75, 3.05) is 11.1 Å². The van der Waals surface area contributed by atoms with Crippen molar-refractivity contribution in [1.82, 2.24) is 9.97 Å². The number of hydrogen-bond acceptors (Lipinski definition) is 6. The first-order valence-electron chi connectivity index (χ1n) is 7.58. The number of thioether (sulfide) groups is 1. The first-order valence-corrected chi connectivity index (χ1v) is 9.38. The van der Waals surface area contributed by atoms with Crippen LogP contribution in [0.2, 0.25) is 0 Å². The van der Waals surface area contributed by atoms with Crippen molar-refractivity contribution in [2.45, 2.75) is 18.1 Å². The lowest BCUT2D eigenvalue weighted by atomic mass is 10.1. The second kappa shape index (κ2) is 7.19. The van der Waals surface area contributed by atoms with Crippen LogP contribution in [-0.2, 0) is 4.79 Å². The third-order valence-electron chi connectivity index (χ3n) is 3.66. The molecule has 0 unspecified atom stereocenters. The molecule has 0 spiro atoms. The van der Waals surface area contributed by atoms with Gasteiger partial charge in [-0.1, -0.05) is 12.1 Å². The Kier molecular flexibility index (Phi) is 4.97. The smallest absolute Gasteiger partial charge is 0.325 e. The van der Waals surface area contributed by atoms with Crippen LogP contribution in [0.15, 0.2) is 32.0 Å². The second-order valence-corrected chi connectivity index (χ2v) is 7.91. The highest BCUT2D eigenvalue weighted by molar-refractivity contribution is 8.02. The summed E-state index contributed by atoms with van der Waals surface area (Å²) in [4.78, 5) is 40.1. The highest BCUT2D eigenvalue weighted by Gasteiger charge is 2.17. The first-order chi connectivity index (χ1) is 12.4. The number of rotatable bonds is 4. The van der Waals surface area contributed by atoms with Crippen molar-refractivity contribution in [1.29, 1.82) is 5.26 Å². The Morgan fingerprint density at radius 2 is 2.08 bits per heavy atom. The summed E-state index contributed by atoms with van der Waals surface area (Å²) in [5.74, 6) is -0.135. The van der Waals surface area contributed by atoms with Gasteiger partial charge in [0.15, 0.2) is 0 Å². The third kappa shape index (κ3) is 3.56. The van der Waals surface area contributed by atoms with E-state index >= 15 is 0 Å². The maximum Gasteiger partial charge on any atom is 0.326 e. The number of aromatic nitrogens is 2. The van der Waals surface area contributed by atoms with Crippen LogP contribution in [-0.4, -0.2) is 21.6 Å². The molecule has 132 valence electrons. The Morgan fingerprint density at radius 3 is 2.81 bits per heavy atom. The summed E-state index contributed by atoms with van der Waals surface area (Å²) in [5, 5.41) is 12.2. The lowest BCUT2D eigenvalue weighted by Gasteiger charge is -2.09. The molecule has 2 aromatic heterocycles. The van der Waals surface area contributed by atoms with E-state index < -0.39 is 11.2 Å². The lowest BCUT2D eigenvalue weighted by Crippen LogP contribution is -2.20. The number of carbonyl (C=O) groups excluding carboxylic acids is 1. The molecule has 0 aliphatic carbocycles. The number of amides is 1. The van der Waals surface area contributed by atoms with E-state index in [1.807, 2.05) is 38.1 Å². The van der Waals surface area contributed by atoms with Crippen molar-refractivity contribution in [3.8, 4) is 6.07 Å². The third-order valence-corrected chi connectivity index (χ3v) is 6.12. The number of thiophene rings is 1. The number of benzene rings is 1. The zero-order valence-corrected chi connectivity index (χ0v) is 15.6. The molecule has 2 heterocycles. The van der Waals surface area contributed by atoms with E-state index in [9.17, 15) is 19.6 Å². The average Bonchev–Trinajstić information content (AvgIpc) is 2.94. The maximum absolute atomic E-state index is 12.2. The second-order valence-electron chi connectivity index (χ2n) is 5.64. The van der Waals surface area contributed by atoms with Crippen molar-refractivity contribution in [2.24, 2.45) is 0 Å². The molecule has 0 radical (unpaired) electrons. The molecule has 3 aromatic rings. The quantitative estimate of drug-likeness (QED) is 0.595. The largest absolute Gasteiger partial charge is 0.326 e. The van der Waals surface area contributed by atoms with Gasteiger partial charge >= 0.3 is 5.69 Å². The van der Waals surface area contributed by atoms with Crippen LogP contribution in [0.1, 0.15) is 16.7 Å². The summed E-state index contributed by atoms with van der Waals surface area (Å²) in [7, 11) is 0. The van der Waals surface area contributed by atoms with Gasteiger partial charge in [0.2, 0.25) is 5.91 Å². The summed E-state index contributed by atoms with van der Waals surface area (Å²) in [6.07, 6.45) is 0. The van der Waals surface area contributed by atoms with Crippen LogP contribution in [0.25, 0.3) is 10.2 Å². The Balaban J connectivity index is 1.81. The molecule has 0 aliphatic heterocycles. The molecule has 0 fully saturated rings. The van der Waals surface area contributed by atoms with Crippen LogP contribution in [0, 0.1) is 25.2 Å². The van der Waals surface area contributed by atoms with E-state index in [4.69, 9.17) is 0 Å². The topological polar surface area (TPSA) is 119 Å².